The number of aryl methyl sites for hydroxylation is 1. The van der Waals surface area contributed by atoms with Crippen LogP contribution in [0.1, 0.15) is 36.6 Å². The Morgan fingerprint density at radius 3 is 1.98 bits per heavy atom. The Morgan fingerprint density at radius 1 is 0.762 bits per heavy atom. The molecule has 2 amide bonds. The van der Waals surface area contributed by atoms with Gasteiger partial charge in [-0.25, -0.2) is 0 Å². The molecule has 0 radical (unpaired) electrons. The highest BCUT2D eigenvalue weighted by Crippen LogP contribution is 2.24. The number of rotatable bonds is 9. The lowest BCUT2D eigenvalue weighted by molar-refractivity contribution is 0.101. The van der Waals surface area contributed by atoms with Gasteiger partial charge in [-0.2, -0.15) is 5.10 Å². The van der Waals surface area contributed by atoms with Gasteiger partial charge in [0.05, 0.1) is 5.69 Å². The summed E-state index contributed by atoms with van der Waals surface area (Å²) in [6, 6.07) is 31.2. The van der Waals surface area contributed by atoms with Gasteiger partial charge in [-0.3, -0.25) is 19.1 Å². The Kier molecular flexibility index (Phi) is 8.22. The number of nitrogens with one attached hydrogen (secondary N) is 2. The first-order valence-electron chi connectivity index (χ1n) is 13.0. The standard InChI is InChI=1S/C34H26N4O4/c1-3-21-42-29-19-15-25(16-20-29)32(39)24-9-11-27(12-10-24)33(40)35-28-17-13-23(14-18-28)30-22-31(38(2)37-30)36-34(41)26-7-5-4-6-8-26/h1,4-20,22H,21H2,2H3,(H,35,40)(H,36,41). The third-order valence-electron chi connectivity index (χ3n) is 6.44. The summed E-state index contributed by atoms with van der Waals surface area (Å²) in [5.74, 6) is 2.84. The van der Waals surface area contributed by atoms with Crippen molar-refractivity contribution in [2.24, 2.45) is 7.05 Å². The highest BCUT2D eigenvalue weighted by molar-refractivity contribution is 6.10. The molecule has 0 unspecified atom stereocenters. The van der Waals surface area contributed by atoms with Gasteiger partial charge in [0.25, 0.3) is 11.8 Å². The predicted molar refractivity (Wildman–Crippen MR) is 162 cm³/mol. The summed E-state index contributed by atoms with van der Waals surface area (Å²) in [4.78, 5) is 38.2. The third kappa shape index (κ3) is 6.43. The number of nitrogens with zero attached hydrogens (tertiary/aromatic N) is 2. The van der Waals surface area contributed by atoms with Crippen LogP contribution in [0.15, 0.2) is 109 Å². The molecule has 206 valence electrons. The van der Waals surface area contributed by atoms with Crippen LogP contribution in [0.5, 0.6) is 5.75 Å². The monoisotopic (exact) mass is 554 g/mol. The second kappa shape index (κ2) is 12.5. The zero-order chi connectivity index (χ0) is 29.5. The molecule has 2 N–H and O–H groups in total. The first kappa shape index (κ1) is 27.6. The first-order valence-corrected chi connectivity index (χ1v) is 13.0. The summed E-state index contributed by atoms with van der Waals surface area (Å²) in [5.41, 5.74) is 4.03. The molecule has 8 heteroatoms. The van der Waals surface area contributed by atoms with Crippen LogP contribution in [0.2, 0.25) is 0 Å². The van der Waals surface area contributed by atoms with E-state index in [1.165, 1.54) is 0 Å². The van der Waals surface area contributed by atoms with E-state index in [0.29, 0.717) is 45.2 Å². The molecular formula is C34H26N4O4. The molecule has 5 aromatic rings. The van der Waals surface area contributed by atoms with Gasteiger partial charge in [-0.05, 0) is 60.7 Å². The molecule has 0 bridgehead atoms. The van der Waals surface area contributed by atoms with Crippen LogP contribution in [-0.2, 0) is 7.05 Å². The quantitative estimate of drug-likeness (QED) is 0.176. The second-order valence-corrected chi connectivity index (χ2v) is 9.31. The fraction of sp³-hybridized carbons (Fsp3) is 0.0588. The summed E-state index contributed by atoms with van der Waals surface area (Å²) in [6.07, 6.45) is 5.20. The minimum absolute atomic E-state index is 0.155. The van der Waals surface area contributed by atoms with Crippen molar-refractivity contribution in [1.29, 1.82) is 0 Å². The maximum absolute atomic E-state index is 12.8. The van der Waals surface area contributed by atoms with Crippen molar-refractivity contribution in [2.45, 2.75) is 0 Å². The Morgan fingerprint density at radius 2 is 1.33 bits per heavy atom. The minimum atomic E-state index is -0.305. The summed E-state index contributed by atoms with van der Waals surface area (Å²) >= 11 is 0. The molecule has 42 heavy (non-hydrogen) atoms. The molecule has 0 aliphatic heterocycles. The number of amides is 2. The van der Waals surface area contributed by atoms with Crippen LogP contribution in [0, 0.1) is 12.3 Å². The largest absolute Gasteiger partial charge is 0.481 e. The van der Waals surface area contributed by atoms with E-state index in [9.17, 15) is 14.4 Å². The summed E-state index contributed by atoms with van der Waals surface area (Å²) in [6.45, 7) is 0.155. The number of anilines is 2. The van der Waals surface area contributed by atoms with Crippen molar-refractivity contribution in [3.63, 3.8) is 0 Å². The predicted octanol–water partition coefficient (Wildman–Crippen LogP) is 5.83. The number of hydrogen-bond acceptors (Lipinski definition) is 5. The number of hydrogen-bond donors (Lipinski definition) is 2. The van der Waals surface area contributed by atoms with E-state index in [4.69, 9.17) is 11.2 Å². The average Bonchev–Trinajstić information content (AvgIpc) is 3.40. The normalized spacial score (nSPS) is 10.4. The van der Waals surface area contributed by atoms with Crippen molar-refractivity contribution in [3.8, 4) is 29.4 Å². The number of carbonyl (C=O) groups is 3. The van der Waals surface area contributed by atoms with E-state index in [0.717, 1.165) is 5.56 Å². The second-order valence-electron chi connectivity index (χ2n) is 9.31. The molecule has 1 aromatic heterocycles. The zero-order valence-electron chi connectivity index (χ0n) is 22.7. The van der Waals surface area contributed by atoms with E-state index in [-0.39, 0.29) is 24.2 Å². The van der Waals surface area contributed by atoms with Gasteiger partial charge in [-0.1, -0.05) is 48.4 Å². The lowest BCUT2D eigenvalue weighted by Crippen LogP contribution is -2.14. The van der Waals surface area contributed by atoms with Crippen molar-refractivity contribution in [2.75, 3.05) is 17.2 Å². The van der Waals surface area contributed by atoms with Crippen molar-refractivity contribution < 1.29 is 19.1 Å². The lowest BCUT2D eigenvalue weighted by Gasteiger charge is -2.07. The van der Waals surface area contributed by atoms with Gasteiger partial charge in [0.2, 0.25) is 0 Å². The fourth-order valence-corrected chi connectivity index (χ4v) is 4.20. The molecule has 1 heterocycles. The molecule has 0 atom stereocenters. The van der Waals surface area contributed by atoms with E-state index in [2.05, 4.69) is 21.7 Å². The van der Waals surface area contributed by atoms with Gasteiger partial charge in [0.1, 0.15) is 18.2 Å². The first-order chi connectivity index (χ1) is 20.4. The van der Waals surface area contributed by atoms with Gasteiger partial charge >= 0.3 is 0 Å². The van der Waals surface area contributed by atoms with Gasteiger partial charge < -0.3 is 15.4 Å². The van der Waals surface area contributed by atoms with Crippen molar-refractivity contribution in [3.05, 3.63) is 131 Å². The number of carbonyl (C=O) groups excluding carboxylic acids is 3. The summed E-state index contributed by atoms with van der Waals surface area (Å²) in [7, 11) is 1.75. The molecule has 8 nitrogen and oxygen atoms in total. The number of terminal acetylenes is 1. The van der Waals surface area contributed by atoms with Crippen LogP contribution >= 0.6 is 0 Å². The molecular weight excluding hydrogens is 528 g/mol. The van der Waals surface area contributed by atoms with Crippen molar-refractivity contribution >= 4 is 29.1 Å². The smallest absolute Gasteiger partial charge is 0.256 e. The van der Waals surface area contributed by atoms with Gasteiger partial charge in [0, 0.05) is 46.6 Å². The Balaban J connectivity index is 1.20. The SMILES string of the molecule is C#CCOc1ccc(C(=O)c2ccc(C(=O)Nc3ccc(-c4cc(NC(=O)c5ccccc5)n(C)n4)cc3)cc2)cc1. The van der Waals surface area contributed by atoms with Crippen LogP contribution < -0.4 is 15.4 Å². The van der Waals surface area contributed by atoms with E-state index in [1.54, 1.807) is 103 Å². The van der Waals surface area contributed by atoms with E-state index >= 15 is 0 Å². The number of aromatic nitrogens is 2. The number of ether oxygens (including phenoxy) is 1. The van der Waals surface area contributed by atoms with Crippen molar-refractivity contribution in [1.82, 2.24) is 9.78 Å². The fourth-order valence-electron chi connectivity index (χ4n) is 4.20. The van der Waals surface area contributed by atoms with Crippen LogP contribution in [0.3, 0.4) is 0 Å². The van der Waals surface area contributed by atoms with Gasteiger partial charge in [-0.15, -0.1) is 6.42 Å². The van der Waals surface area contributed by atoms with Crippen LogP contribution in [-0.4, -0.2) is 34.0 Å². The van der Waals surface area contributed by atoms with Gasteiger partial charge in [0.15, 0.2) is 5.78 Å². The minimum Gasteiger partial charge on any atom is -0.481 e. The molecule has 5 rings (SSSR count). The topological polar surface area (TPSA) is 102 Å². The third-order valence-corrected chi connectivity index (χ3v) is 6.44. The average molecular weight is 555 g/mol. The Labute approximate surface area is 243 Å². The Bertz CT molecular complexity index is 1770. The molecule has 0 aliphatic rings. The summed E-state index contributed by atoms with van der Waals surface area (Å²) in [5, 5.41) is 10.2. The molecule has 0 saturated carbocycles. The van der Waals surface area contributed by atoms with Crippen LogP contribution in [0.25, 0.3) is 11.3 Å². The molecule has 0 spiro atoms. The molecule has 4 aromatic carbocycles. The van der Waals surface area contributed by atoms with Crippen LogP contribution in [0.4, 0.5) is 11.5 Å². The maximum atomic E-state index is 12.8. The van der Waals surface area contributed by atoms with E-state index < -0.39 is 0 Å². The number of ketones is 1. The summed E-state index contributed by atoms with van der Waals surface area (Å²) < 4.78 is 6.94. The molecule has 0 fully saturated rings. The highest BCUT2D eigenvalue weighted by atomic mass is 16.5. The Hall–Kier alpha value is -5.94. The molecule has 0 saturated heterocycles. The maximum Gasteiger partial charge on any atom is 0.256 e. The lowest BCUT2D eigenvalue weighted by atomic mass is 10.0. The zero-order valence-corrected chi connectivity index (χ0v) is 22.7. The number of benzene rings is 4. The highest BCUT2D eigenvalue weighted by Gasteiger charge is 2.14. The molecule has 0 aliphatic carbocycles. The van der Waals surface area contributed by atoms with E-state index in [1.807, 2.05) is 18.2 Å².